The van der Waals surface area contributed by atoms with Crippen LogP contribution >= 0.6 is 0 Å². The fraction of sp³-hybridized carbons (Fsp3) is 0.250. The van der Waals surface area contributed by atoms with Gasteiger partial charge in [0.05, 0.1) is 17.0 Å². The quantitative estimate of drug-likeness (QED) is 0.683. The van der Waals surface area contributed by atoms with Gasteiger partial charge in [-0.15, -0.1) is 10.2 Å². The third-order valence-electron chi connectivity index (χ3n) is 5.73. The standard InChI is InChI=1S/C20H15F2N5O2/c1-9-11-6-7-20(9,18(28)23-19-27-24-10(2)29-19)17-12(11)8-15(25-26-17)16-13(21)4-3-5-14(16)22/h3-5,8,11H,1,6-7H2,2H3,(H,23,27,28)/t11-,20-/m0/s1. The van der Waals surface area contributed by atoms with Gasteiger partial charge in [0.25, 0.3) is 0 Å². The molecule has 2 aromatic heterocycles. The molecule has 1 amide bonds. The van der Waals surface area contributed by atoms with Crippen molar-refractivity contribution in [3.63, 3.8) is 0 Å². The van der Waals surface area contributed by atoms with Crippen molar-refractivity contribution in [2.24, 2.45) is 0 Å². The molecule has 3 aromatic rings. The summed E-state index contributed by atoms with van der Waals surface area (Å²) in [5, 5.41) is 18.4. The van der Waals surface area contributed by atoms with E-state index < -0.39 is 17.0 Å². The van der Waals surface area contributed by atoms with Gasteiger partial charge in [-0.2, -0.15) is 5.10 Å². The van der Waals surface area contributed by atoms with Crippen molar-refractivity contribution in [1.82, 2.24) is 20.4 Å². The number of hydrogen-bond acceptors (Lipinski definition) is 6. The van der Waals surface area contributed by atoms with Gasteiger partial charge in [0, 0.05) is 12.8 Å². The van der Waals surface area contributed by atoms with Crippen LogP contribution in [0.25, 0.3) is 11.3 Å². The second kappa shape index (κ2) is 6.00. The lowest BCUT2D eigenvalue weighted by Gasteiger charge is -2.25. The molecule has 7 nitrogen and oxygen atoms in total. The number of fused-ring (bicyclic) bond motifs is 5. The molecule has 0 spiro atoms. The number of halogens is 2. The monoisotopic (exact) mass is 395 g/mol. The lowest BCUT2D eigenvalue weighted by atomic mass is 9.80. The maximum atomic E-state index is 14.2. The normalized spacial score (nSPS) is 22.0. The number of anilines is 1. The molecule has 2 atom stereocenters. The van der Waals surface area contributed by atoms with Crippen molar-refractivity contribution in [3.8, 4) is 11.3 Å². The Balaban J connectivity index is 1.58. The molecular formula is C20H15F2N5O2. The minimum Gasteiger partial charge on any atom is -0.408 e. The van der Waals surface area contributed by atoms with E-state index in [1.165, 1.54) is 18.2 Å². The summed E-state index contributed by atoms with van der Waals surface area (Å²) in [6.07, 6.45) is 1.18. The SMILES string of the molecule is C=C1[C@@H]2CC[C@@]1(C(=O)Nc1nnc(C)o1)c1nnc(-c3c(F)cccc3F)cc12. The number of carbonyl (C=O) groups excluding carboxylic acids is 1. The number of benzene rings is 1. The Morgan fingerprint density at radius 2 is 2.00 bits per heavy atom. The molecule has 1 N–H and O–H groups in total. The first-order valence-corrected chi connectivity index (χ1v) is 9.05. The largest absolute Gasteiger partial charge is 0.408 e. The topological polar surface area (TPSA) is 93.8 Å². The Morgan fingerprint density at radius 1 is 1.24 bits per heavy atom. The zero-order valence-electron chi connectivity index (χ0n) is 15.4. The van der Waals surface area contributed by atoms with Gasteiger partial charge in [-0.05, 0) is 42.2 Å². The molecule has 1 aromatic carbocycles. The van der Waals surface area contributed by atoms with Crippen LogP contribution in [0.15, 0.2) is 40.8 Å². The third-order valence-corrected chi connectivity index (χ3v) is 5.73. The van der Waals surface area contributed by atoms with Gasteiger partial charge in [0.15, 0.2) is 0 Å². The number of rotatable bonds is 3. The zero-order chi connectivity index (χ0) is 20.3. The molecule has 2 aliphatic carbocycles. The molecule has 146 valence electrons. The number of carbonyl (C=O) groups is 1. The number of hydrogen-bond donors (Lipinski definition) is 1. The fourth-order valence-electron chi connectivity index (χ4n) is 4.39. The summed E-state index contributed by atoms with van der Waals surface area (Å²) in [6.45, 7) is 5.74. The molecule has 29 heavy (non-hydrogen) atoms. The molecule has 9 heteroatoms. The number of aryl methyl sites for hydroxylation is 1. The Morgan fingerprint density at radius 3 is 2.69 bits per heavy atom. The minimum absolute atomic E-state index is 0.00965. The summed E-state index contributed by atoms with van der Waals surface area (Å²) >= 11 is 0. The van der Waals surface area contributed by atoms with Gasteiger partial charge in [-0.1, -0.05) is 17.7 Å². The second-order valence-corrected chi connectivity index (χ2v) is 7.23. The molecule has 0 radical (unpaired) electrons. The molecule has 0 aliphatic heterocycles. The summed E-state index contributed by atoms with van der Waals surface area (Å²) in [5.41, 5.74) is 0.612. The van der Waals surface area contributed by atoms with E-state index in [-0.39, 0.29) is 29.1 Å². The molecule has 0 unspecified atom stereocenters. The van der Waals surface area contributed by atoms with Gasteiger partial charge in [0.1, 0.15) is 17.0 Å². The van der Waals surface area contributed by atoms with Gasteiger partial charge in [-0.25, -0.2) is 8.78 Å². The van der Waals surface area contributed by atoms with Crippen molar-refractivity contribution in [2.75, 3.05) is 5.32 Å². The number of aromatic nitrogens is 4. The Labute approximate surface area is 163 Å². The van der Waals surface area contributed by atoms with Crippen LogP contribution in [-0.2, 0) is 10.2 Å². The van der Waals surface area contributed by atoms with Gasteiger partial charge >= 0.3 is 6.01 Å². The first-order chi connectivity index (χ1) is 13.9. The van der Waals surface area contributed by atoms with Crippen molar-refractivity contribution in [3.05, 3.63) is 65.2 Å². The highest BCUT2D eigenvalue weighted by Crippen LogP contribution is 2.60. The Hall–Kier alpha value is -3.49. The van der Waals surface area contributed by atoms with E-state index in [0.29, 0.717) is 35.6 Å². The smallest absolute Gasteiger partial charge is 0.322 e. The Bertz CT molecular complexity index is 1170. The second-order valence-electron chi connectivity index (χ2n) is 7.23. The summed E-state index contributed by atoms with van der Waals surface area (Å²) < 4.78 is 33.6. The predicted molar refractivity (Wildman–Crippen MR) is 97.8 cm³/mol. The summed E-state index contributed by atoms with van der Waals surface area (Å²) in [7, 11) is 0. The highest BCUT2D eigenvalue weighted by Gasteiger charge is 2.59. The van der Waals surface area contributed by atoms with Crippen LogP contribution in [0.1, 0.15) is 35.9 Å². The molecule has 2 bridgehead atoms. The molecule has 2 heterocycles. The number of nitrogens with one attached hydrogen (secondary N) is 1. The van der Waals surface area contributed by atoms with Crippen molar-refractivity contribution in [2.45, 2.75) is 31.1 Å². The summed E-state index contributed by atoms with van der Waals surface area (Å²) in [5.74, 6) is -1.64. The molecular weight excluding hydrogens is 380 g/mol. The van der Waals surface area contributed by atoms with Crippen molar-refractivity contribution >= 4 is 11.9 Å². The molecule has 1 saturated carbocycles. The molecule has 2 aliphatic rings. The van der Waals surface area contributed by atoms with E-state index in [1.54, 1.807) is 13.0 Å². The molecule has 1 fully saturated rings. The Kier molecular flexibility index (Phi) is 3.64. The summed E-state index contributed by atoms with van der Waals surface area (Å²) in [4.78, 5) is 13.2. The van der Waals surface area contributed by atoms with Gasteiger partial charge < -0.3 is 4.42 Å². The summed E-state index contributed by atoms with van der Waals surface area (Å²) in [6, 6.07) is 5.21. The van der Waals surface area contributed by atoms with E-state index >= 15 is 0 Å². The van der Waals surface area contributed by atoms with Crippen LogP contribution in [0.3, 0.4) is 0 Å². The van der Waals surface area contributed by atoms with E-state index in [0.717, 1.165) is 0 Å². The van der Waals surface area contributed by atoms with Crippen LogP contribution in [0.2, 0.25) is 0 Å². The van der Waals surface area contributed by atoms with Gasteiger partial charge in [-0.3, -0.25) is 10.1 Å². The van der Waals surface area contributed by atoms with Crippen molar-refractivity contribution in [1.29, 1.82) is 0 Å². The average molecular weight is 395 g/mol. The first-order valence-electron chi connectivity index (χ1n) is 9.05. The van der Waals surface area contributed by atoms with Crippen LogP contribution in [0.5, 0.6) is 0 Å². The number of amides is 1. The van der Waals surface area contributed by atoms with E-state index in [9.17, 15) is 13.6 Å². The number of nitrogens with zero attached hydrogens (tertiary/aromatic N) is 4. The molecule has 5 rings (SSSR count). The molecule has 0 saturated heterocycles. The maximum Gasteiger partial charge on any atom is 0.322 e. The highest BCUT2D eigenvalue weighted by atomic mass is 19.1. The fourth-order valence-corrected chi connectivity index (χ4v) is 4.39. The third kappa shape index (κ3) is 2.36. The van der Waals surface area contributed by atoms with E-state index in [4.69, 9.17) is 4.42 Å². The van der Waals surface area contributed by atoms with Crippen LogP contribution < -0.4 is 5.32 Å². The van der Waals surface area contributed by atoms with Crippen LogP contribution in [-0.4, -0.2) is 26.3 Å². The lowest BCUT2D eigenvalue weighted by molar-refractivity contribution is -0.120. The van der Waals surface area contributed by atoms with Crippen LogP contribution in [0, 0.1) is 18.6 Å². The average Bonchev–Trinajstić information content (AvgIpc) is 3.32. The highest BCUT2D eigenvalue weighted by molar-refractivity contribution is 6.02. The van der Waals surface area contributed by atoms with E-state index in [1.807, 2.05) is 0 Å². The van der Waals surface area contributed by atoms with Crippen molar-refractivity contribution < 1.29 is 18.0 Å². The predicted octanol–water partition coefficient (Wildman–Crippen LogP) is 3.44. The lowest BCUT2D eigenvalue weighted by Crippen LogP contribution is -2.39. The minimum atomic E-state index is -1.08. The first kappa shape index (κ1) is 17.6. The maximum absolute atomic E-state index is 14.2. The van der Waals surface area contributed by atoms with E-state index in [2.05, 4.69) is 32.3 Å². The van der Waals surface area contributed by atoms with Gasteiger partial charge in [0.2, 0.25) is 11.8 Å². The van der Waals surface area contributed by atoms with Crippen LogP contribution in [0.4, 0.5) is 14.8 Å². The zero-order valence-corrected chi connectivity index (χ0v) is 15.4.